The molecule has 0 aromatic heterocycles. The Morgan fingerprint density at radius 1 is 1.09 bits per heavy atom. The van der Waals surface area contributed by atoms with Gasteiger partial charge in [-0.1, -0.05) is 49.6 Å². The zero-order valence-electron chi connectivity index (χ0n) is 13.3. The molecule has 1 amide bonds. The van der Waals surface area contributed by atoms with E-state index in [0.29, 0.717) is 0 Å². The van der Waals surface area contributed by atoms with E-state index in [4.69, 9.17) is 6.42 Å². The van der Waals surface area contributed by atoms with E-state index in [-0.39, 0.29) is 5.91 Å². The molecule has 0 spiro atoms. The molecule has 23 heavy (non-hydrogen) atoms. The molecule has 0 fully saturated rings. The fourth-order valence-electron chi connectivity index (χ4n) is 2.82. The molecule has 0 radical (unpaired) electrons. The zero-order chi connectivity index (χ0) is 16.2. The molecular weight excluding hydrogens is 282 g/mol. The molecule has 0 saturated heterocycles. The largest absolute Gasteiger partial charge is 0.308 e. The molecule has 2 heteroatoms. The zero-order valence-corrected chi connectivity index (χ0v) is 13.3. The Labute approximate surface area is 137 Å². The fourth-order valence-corrected chi connectivity index (χ4v) is 2.82. The average Bonchev–Trinajstić information content (AvgIpc) is 2.86. The van der Waals surface area contributed by atoms with Crippen molar-refractivity contribution in [2.24, 2.45) is 0 Å². The van der Waals surface area contributed by atoms with Crippen molar-refractivity contribution in [1.29, 1.82) is 0 Å². The normalized spacial score (nSPS) is 14.9. The molecule has 1 aliphatic rings. The molecule has 0 saturated carbocycles. The molecule has 2 aromatic rings. The van der Waals surface area contributed by atoms with Crippen molar-refractivity contribution >= 4 is 17.7 Å². The van der Waals surface area contributed by atoms with Gasteiger partial charge >= 0.3 is 0 Å². The second kappa shape index (κ2) is 6.54. The molecule has 3 rings (SSSR count). The monoisotopic (exact) mass is 301 g/mol. The number of nitrogens with zero attached hydrogens (tertiary/aromatic N) is 1. The van der Waals surface area contributed by atoms with Crippen molar-refractivity contribution in [3.63, 3.8) is 0 Å². The van der Waals surface area contributed by atoms with Crippen LogP contribution in [0.3, 0.4) is 0 Å². The minimum atomic E-state index is 0.0977. The van der Waals surface area contributed by atoms with E-state index in [9.17, 15) is 4.79 Å². The van der Waals surface area contributed by atoms with Crippen LogP contribution in [0.25, 0.3) is 11.8 Å². The lowest BCUT2D eigenvalue weighted by Crippen LogP contribution is -2.24. The number of terminal acetylenes is 1. The topological polar surface area (TPSA) is 20.3 Å². The molecule has 0 atom stereocenters. The summed E-state index contributed by atoms with van der Waals surface area (Å²) in [7, 11) is 0. The highest BCUT2D eigenvalue weighted by molar-refractivity contribution is 6.11. The van der Waals surface area contributed by atoms with Gasteiger partial charge in [0.15, 0.2) is 0 Å². The maximum atomic E-state index is 12.7. The highest BCUT2D eigenvalue weighted by atomic mass is 16.2. The van der Waals surface area contributed by atoms with Crippen LogP contribution in [0.15, 0.2) is 48.5 Å². The third-order valence-electron chi connectivity index (χ3n) is 4.09. The first-order valence-corrected chi connectivity index (χ1v) is 7.94. The molecule has 1 heterocycles. The van der Waals surface area contributed by atoms with Gasteiger partial charge in [0.2, 0.25) is 0 Å². The van der Waals surface area contributed by atoms with Gasteiger partial charge in [0.1, 0.15) is 0 Å². The predicted molar refractivity (Wildman–Crippen MR) is 94.6 cm³/mol. The van der Waals surface area contributed by atoms with Crippen LogP contribution in [0.1, 0.15) is 46.8 Å². The summed E-state index contributed by atoms with van der Waals surface area (Å²) in [5, 5.41) is 0. The number of amides is 1. The van der Waals surface area contributed by atoms with Crippen LogP contribution in [0.4, 0.5) is 0 Å². The Balaban J connectivity index is 2.03. The maximum Gasteiger partial charge on any atom is 0.258 e. The van der Waals surface area contributed by atoms with E-state index < -0.39 is 0 Å². The SMILES string of the molecule is C#Cc1ccc(/C=C2/c3ccccc3C(=O)N2CCCC)cc1. The molecule has 0 aliphatic carbocycles. The number of unbranched alkanes of at least 4 members (excludes halogenated alkanes) is 1. The maximum absolute atomic E-state index is 12.7. The van der Waals surface area contributed by atoms with Gasteiger partial charge in [0.25, 0.3) is 5.91 Å². The van der Waals surface area contributed by atoms with Crippen LogP contribution < -0.4 is 0 Å². The number of hydrogen-bond donors (Lipinski definition) is 0. The van der Waals surface area contributed by atoms with Gasteiger partial charge in [-0.3, -0.25) is 4.79 Å². The lowest BCUT2D eigenvalue weighted by atomic mass is 10.1. The summed E-state index contributed by atoms with van der Waals surface area (Å²) >= 11 is 0. The summed E-state index contributed by atoms with van der Waals surface area (Å²) in [5.41, 5.74) is 4.68. The first-order chi connectivity index (χ1) is 11.2. The predicted octanol–water partition coefficient (Wildman–Crippen LogP) is 4.42. The number of rotatable bonds is 4. The number of benzene rings is 2. The van der Waals surface area contributed by atoms with Crippen molar-refractivity contribution in [1.82, 2.24) is 4.90 Å². The second-order valence-electron chi connectivity index (χ2n) is 5.65. The van der Waals surface area contributed by atoms with Crippen LogP contribution in [0.2, 0.25) is 0 Å². The Bertz CT molecular complexity index is 793. The summed E-state index contributed by atoms with van der Waals surface area (Å²) in [6.45, 7) is 2.88. The van der Waals surface area contributed by atoms with Crippen LogP contribution in [0, 0.1) is 12.3 Å². The molecule has 0 bridgehead atoms. The molecule has 0 N–H and O–H groups in total. The van der Waals surface area contributed by atoms with Crippen LogP contribution in [-0.4, -0.2) is 17.4 Å². The van der Waals surface area contributed by atoms with Crippen molar-refractivity contribution in [2.45, 2.75) is 19.8 Å². The molecule has 114 valence electrons. The Kier molecular flexibility index (Phi) is 4.30. The van der Waals surface area contributed by atoms with Gasteiger partial charge in [-0.05, 0) is 36.3 Å². The van der Waals surface area contributed by atoms with Crippen LogP contribution in [-0.2, 0) is 0 Å². The van der Waals surface area contributed by atoms with E-state index in [1.54, 1.807) is 0 Å². The number of carbonyl (C=O) groups excluding carboxylic acids is 1. The average molecular weight is 301 g/mol. The molecule has 2 aromatic carbocycles. The Hall–Kier alpha value is -2.79. The summed E-state index contributed by atoms with van der Waals surface area (Å²) in [6.07, 6.45) is 9.53. The highest BCUT2D eigenvalue weighted by Crippen LogP contribution is 2.34. The lowest BCUT2D eigenvalue weighted by molar-refractivity contribution is 0.0849. The Morgan fingerprint density at radius 2 is 1.78 bits per heavy atom. The minimum absolute atomic E-state index is 0.0977. The first kappa shape index (κ1) is 15.1. The van der Waals surface area contributed by atoms with Crippen LogP contribution >= 0.6 is 0 Å². The summed E-state index contributed by atoms with van der Waals surface area (Å²) < 4.78 is 0. The third-order valence-corrected chi connectivity index (χ3v) is 4.09. The minimum Gasteiger partial charge on any atom is -0.308 e. The molecule has 1 aliphatic heterocycles. The van der Waals surface area contributed by atoms with Gasteiger partial charge in [-0.15, -0.1) is 6.42 Å². The van der Waals surface area contributed by atoms with Gasteiger partial charge in [0.05, 0.1) is 5.70 Å². The van der Waals surface area contributed by atoms with Crippen molar-refractivity contribution in [3.8, 4) is 12.3 Å². The fraction of sp³-hybridized carbons (Fsp3) is 0.190. The van der Waals surface area contributed by atoms with E-state index in [1.807, 2.05) is 53.4 Å². The third kappa shape index (κ3) is 2.91. The highest BCUT2D eigenvalue weighted by Gasteiger charge is 2.31. The molecule has 0 unspecified atom stereocenters. The lowest BCUT2D eigenvalue weighted by Gasteiger charge is -2.18. The molecule has 2 nitrogen and oxygen atoms in total. The Morgan fingerprint density at radius 3 is 2.43 bits per heavy atom. The molecular formula is C21H19NO. The van der Waals surface area contributed by atoms with Crippen molar-refractivity contribution < 1.29 is 4.79 Å². The van der Waals surface area contributed by atoms with Gasteiger partial charge in [0, 0.05) is 23.2 Å². The van der Waals surface area contributed by atoms with E-state index in [1.165, 1.54) is 0 Å². The quantitative estimate of drug-likeness (QED) is 0.765. The van der Waals surface area contributed by atoms with Gasteiger partial charge in [-0.2, -0.15) is 0 Å². The van der Waals surface area contributed by atoms with E-state index in [2.05, 4.69) is 18.9 Å². The summed E-state index contributed by atoms with van der Waals surface area (Å²) in [6, 6.07) is 15.6. The first-order valence-electron chi connectivity index (χ1n) is 7.94. The van der Waals surface area contributed by atoms with E-state index in [0.717, 1.165) is 47.3 Å². The van der Waals surface area contributed by atoms with Crippen molar-refractivity contribution in [3.05, 3.63) is 70.8 Å². The summed E-state index contributed by atoms with van der Waals surface area (Å²) in [4.78, 5) is 14.6. The number of fused-ring (bicyclic) bond motifs is 1. The van der Waals surface area contributed by atoms with Crippen LogP contribution in [0.5, 0.6) is 0 Å². The van der Waals surface area contributed by atoms with Gasteiger partial charge < -0.3 is 4.90 Å². The van der Waals surface area contributed by atoms with Gasteiger partial charge in [-0.25, -0.2) is 0 Å². The standard InChI is InChI=1S/C21H19NO/c1-3-5-14-22-20(15-17-12-10-16(4-2)11-13-17)18-8-6-7-9-19(18)21(22)23/h2,6-13,15H,3,5,14H2,1H3/b20-15-. The van der Waals surface area contributed by atoms with E-state index >= 15 is 0 Å². The number of carbonyl (C=O) groups is 1. The number of hydrogen-bond acceptors (Lipinski definition) is 1. The summed E-state index contributed by atoms with van der Waals surface area (Å²) in [5.74, 6) is 2.72. The smallest absolute Gasteiger partial charge is 0.258 e. The van der Waals surface area contributed by atoms with Crippen molar-refractivity contribution in [2.75, 3.05) is 6.54 Å². The second-order valence-corrected chi connectivity index (χ2v) is 5.65.